The molecule has 0 radical (unpaired) electrons. The lowest BCUT2D eigenvalue weighted by molar-refractivity contribution is -0.143. The van der Waals surface area contributed by atoms with Crippen molar-refractivity contribution in [3.8, 4) is 0 Å². The van der Waals surface area contributed by atoms with Gasteiger partial charge in [-0.1, -0.05) is 12.8 Å². The minimum absolute atomic E-state index is 0.292. The molecule has 1 saturated carbocycles. The van der Waals surface area contributed by atoms with Crippen molar-refractivity contribution in [3.63, 3.8) is 0 Å². The lowest BCUT2D eigenvalue weighted by Crippen LogP contribution is -2.29. The van der Waals surface area contributed by atoms with Crippen molar-refractivity contribution in [2.45, 2.75) is 25.7 Å². The van der Waals surface area contributed by atoms with Crippen molar-refractivity contribution >= 4 is 5.97 Å². The monoisotopic (exact) mass is 157 g/mol. The molecule has 0 unspecified atom stereocenters. The Kier molecular flexibility index (Phi) is 2.88. The Morgan fingerprint density at radius 3 is 2.45 bits per heavy atom. The number of hydrogen-bond donors (Lipinski definition) is 2. The van der Waals surface area contributed by atoms with E-state index in [0.717, 1.165) is 12.8 Å². The van der Waals surface area contributed by atoms with E-state index in [1.54, 1.807) is 0 Å². The molecule has 1 aliphatic carbocycles. The molecule has 0 spiro atoms. The van der Waals surface area contributed by atoms with E-state index in [1.807, 2.05) is 0 Å². The molecule has 3 N–H and O–H groups in total. The Hall–Kier alpha value is -0.570. The lowest BCUT2D eigenvalue weighted by Gasteiger charge is -2.16. The molecule has 11 heavy (non-hydrogen) atoms. The fourth-order valence-corrected chi connectivity index (χ4v) is 1.85. The first-order valence-corrected chi connectivity index (χ1v) is 4.18. The summed E-state index contributed by atoms with van der Waals surface area (Å²) in [4.78, 5) is 10.6. The molecular weight excluding hydrogens is 142 g/mol. The van der Waals surface area contributed by atoms with Crippen LogP contribution in [0, 0.1) is 11.8 Å². The average molecular weight is 157 g/mol. The molecule has 1 fully saturated rings. The van der Waals surface area contributed by atoms with Crippen LogP contribution in [0.1, 0.15) is 25.7 Å². The van der Waals surface area contributed by atoms with Crippen LogP contribution in [0.25, 0.3) is 0 Å². The molecule has 0 aromatic heterocycles. The third kappa shape index (κ3) is 1.93. The fourth-order valence-electron chi connectivity index (χ4n) is 1.85. The number of carbonyl (C=O) groups is 1. The van der Waals surface area contributed by atoms with Crippen LogP contribution in [0.2, 0.25) is 0 Å². The maximum atomic E-state index is 10.6. The second-order valence-corrected chi connectivity index (χ2v) is 3.22. The van der Waals surface area contributed by atoms with Gasteiger partial charge in [-0.25, -0.2) is 0 Å². The Bertz CT molecular complexity index is 141. The summed E-state index contributed by atoms with van der Waals surface area (Å²) in [6, 6.07) is 0. The topological polar surface area (TPSA) is 63.3 Å². The summed E-state index contributed by atoms with van der Waals surface area (Å²) in [6.07, 6.45) is 4.45. The first-order valence-electron chi connectivity index (χ1n) is 4.18. The molecular formula is C8H15NO2. The Morgan fingerprint density at radius 2 is 2.09 bits per heavy atom. The summed E-state index contributed by atoms with van der Waals surface area (Å²) >= 11 is 0. The first-order chi connectivity index (χ1) is 5.25. The average Bonchev–Trinajstić information content (AvgIpc) is 2.40. The highest BCUT2D eigenvalue weighted by Gasteiger charge is 2.28. The minimum atomic E-state index is -0.723. The zero-order valence-corrected chi connectivity index (χ0v) is 6.62. The van der Waals surface area contributed by atoms with Crippen LogP contribution in [0.4, 0.5) is 0 Å². The maximum Gasteiger partial charge on any atom is 0.308 e. The lowest BCUT2D eigenvalue weighted by atomic mass is 9.91. The van der Waals surface area contributed by atoms with E-state index in [-0.39, 0.29) is 5.92 Å². The van der Waals surface area contributed by atoms with Crippen LogP contribution < -0.4 is 5.73 Å². The van der Waals surface area contributed by atoms with Crippen LogP contribution in [0.5, 0.6) is 0 Å². The third-order valence-corrected chi connectivity index (χ3v) is 2.54. The van der Waals surface area contributed by atoms with Crippen molar-refractivity contribution in [3.05, 3.63) is 0 Å². The summed E-state index contributed by atoms with van der Waals surface area (Å²) in [7, 11) is 0. The van der Waals surface area contributed by atoms with Gasteiger partial charge < -0.3 is 10.8 Å². The van der Waals surface area contributed by atoms with Crippen molar-refractivity contribution in [2.24, 2.45) is 17.6 Å². The molecule has 0 aromatic rings. The van der Waals surface area contributed by atoms with E-state index in [9.17, 15) is 4.79 Å². The van der Waals surface area contributed by atoms with Gasteiger partial charge in [-0.15, -0.1) is 0 Å². The highest BCUT2D eigenvalue weighted by Crippen LogP contribution is 2.30. The molecule has 3 nitrogen and oxygen atoms in total. The van der Waals surface area contributed by atoms with Crippen LogP contribution in [0.15, 0.2) is 0 Å². The van der Waals surface area contributed by atoms with Gasteiger partial charge in [-0.05, 0) is 18.8 Å². The highest BCUT2D eigenvalue weighted by atomic mass is 16.4. The molecule has 1 rings (SSSR count). The molecule has 0 heterocycles. The van der Waals surface area contributed by atoms with Gasteiger partial charge in [0.25, 0.3) is 0 Å². The van der Waals surface area contributed by atoms with Gasteiger partial charge in [0.1, 0.15) is 0 Å². The standard InChI is InChI=1S/C8H15NO2/c9-5-7(8(10)11)6-3-1-2-4-6/h6-7H,1-5,9H2,(H,10,11)/t7-/m1/s1. The number of rotatable bonds is 3. The Balaban J connectivity index is 2.46. The molecule has 3 heteroatoms. The van der Waals surface area contributed by atoms with E-state index in [4.69, 9.17) is 10.8 Å². The van der Waals surface area contributed by atoms with Crippen molar-refractivity contribution in [1.29, 1.82) is 0 Å². The quantitative estimate of drug-likeness (QED) is 0.638. The smallest absolute Gasteiger partial charge is 0.308 e. The molecule has 1 aliphatic rings. The fraction of sp³-hybridized carbons (Fsp3) is 0.875. The second-order valence-electron chi connectivity index (χ2n) is 3.22. The number of hydrogen-bond acceptors (Lipinski definition) is 2. The zero-order chi connectivity index (χ0) is 8.27. The molecule has 0 aliphatic heterocycles. The van der Waals surface area contributed by atoms with Gasteiger partial charge in [0.05, 0.1) is 5.92 Å². The molecule has 1 atom stereocenters. The normalized spacial score (nSPS) is 21.9. The number of carboxylic acids is 1. The third-order valence-electron chi connectivity index (χ3n) is 2.54. The van der Waals surface area contributed by atoms with Gasteiger partial charge in [0.2, 0.25) is 0 Å². The van der Waals surface area contributed by atoms with Crippen LogP contribution >= 0.6 is 0 Å². The number of carboxylic acid groups (broad SMARTS) is 1. The summed E-state index contributed by atoms with van der Waals surface area (Å²) in [5, 5.41) is 8.75. The second kappa shape index (κ2) is 3.72. The van der Waals surface area contributed by atoms with Crippen LogP contribution in [-0.2, 0) is 4.79 Å². The van der Waals surface area contributed by atoms with Gasteiger partial charge >= 0.3 is 5.97 Å². The molecule has 0 saturated heterocycles. The van der Waals surface area contributed by atoms with Crippen LogP contribution in [0.3, 0.4) is 0 Å². The predicted octanol–water partition coefficient (Wildman–Crippen LogP) is 0.836. The summed E-state index contributed by atoms with van der Waals surface area (Å²) in [5.74, 6) is -0.672. The van der Waals surface area contributed by atoms with Gasteiger partial charge in [0.15, 0.2) is 0 Å². The van der Waals surface area contributed by atoms with Crippen molar-refractivity contribution in [2.75, 3.05) is 6.54 Å². The number of aliphatic carboxylic acids is 1. The van der Waals surface area contributed by atoms with Gasteiger partial charge in [-0.2, -0.15) is 0 Å². The number of nitrogens with two attached hydrogens (primary N) is 1. The maximum absolute atomic E-state index is 10.6. The Labute approximate surface area is 66.6 Å². The first kappa shape index (κ1) is 8.53. The van der Waals surface area contributed by atoms with Crippen molar-refractivity contribution < 1.29 is 9.90 Å². The summed E-state index contributed by atoms with van der Waals surface area (Å²) in [5.41, 5.74) is 5.37. The molecule has 0 aromatic carbocycles. The summed E-state index contributed by atoms with van der Waals surface area (Å²) in [6.45, 7) is 0.292. The van der Waals surface area contributed by atoms with Gasteiger partial charge in [0, 0.05) is 6.54 Å². The van der Waals surface area contributed by atoms with E-state index >= 15 is 0 Å². The molecule has 0 bridgehead atoms. The van der Waals surface area contributed by atoms with Gasteiger partial charge in [-0.3, -0.25) is 4.79 Å². The zero-order valence-electron chi connectivity index (χ0n) is 6.62. The van der Waals surface area contributed by atoms with Crippen molar-refractivity contribution in [1.82, 2.24) is 0 Å². The summed E-state index contributed by atoms with van der Waals surface area (Å²) < 4.78 is 0. The van der Waals surface area contributed by atoms with E-state index in [1.165, 1.54) is 12.8 Å². The SMILES string of the molecule is NC[C@@H](C(=O)O)C1CCCC1. The minimum Gasteiger partial charge on any atom is -0.481 e. The Morgan fingerprint density at radius 1 is 1.55 bits per heavy atom. The van der Waals surface area contributed by atoms with E-state index < -0.39 is 5.97 Å². The predicted molar refractivity (Wildman–Crippen MR) is 42.1 cm³/mol. The molecule has 0 amide bonds. The largest absolute Gasteiger partial charge is 0.481 e. The van der Waals surface area contributed by atoms with E-state index in [2.05, 4.69) is 0 Å². The molecule has 64 valence electrons. The van der Waals surface area contributed by atoms with Crippen LogP contribution in [-0.4, -0.2) is 17.6 Å². The van der Waals surface area contributed by atoms with E-state index in [0.29, 0.717) is 12.5 Å². The highest BCUT2D eigenvalue weighted by molar-refractivity contribution is 5.70.